The first-order valence-corrected chi connectivity index (χ1v) is 13.0. The van der Waals surface area contributed by atoms with Crippen molar-refractivity contribution in [3.63, 3.8) is 0 Å². The van der Waals surface area contributed by atoms with Gasteiger partial charge >= 0.3 is 29.2 Å². The standard InChI is InChI=1S/C12H21N4O13P3/c13-3-1-2-7-5-16(12(18)15-11(7)14)10-4-8(17)9(27-10)6-26-31(22,23)29-32(24,25)28-30(19,20)21/h1,3,5,8-10,17H,2,4,6,13H2,(H,22,23)(H,24,25)(H2,14,15,18)(H2,19,20,21)/t8-,9+,10+/m0/s1. The van der Waals surface area contributed by atoms with Gasteiger partial charge in [-0.1, -0.05) is 6.08 Å². The molecule has 0 spiro atoms. The molecule has 17 nitrogen and oxygen atoms in total. The van der Waals surface area contributed by atoms with E-state index in [0.717, 1.165) is 4.57 Å². The third-order valence-electron chi connectivity index (χ3n) is 3.87. The maximum absolute atomic E-state index is 12.1. The van der Waals surface area contributed by atoms with E-state index in [0.29, 0.717) is 5.56 Å². The summed E-state index contributed by atoms with van der Waals surface area (Å²) in [6.45, 7) is -0.874. The van der Waals surface area contributed by atoms with Crippen LogP contribution >= 0.6 is 23.5 Å². The lowest BCUT2D eigenvalue weighted by Crippen LogP contribution is -2.29. The predicted molar refractivity (Wildman–Crippen MR) is 104 cm³/mol. The number of phosphoric acid groups is 3. The molecule has 0 aliphatic carbocycles. The van der Waals surface area contributed by atoms with Crippen molar-refractivity contribution in [1.82, 2.24) is 9.55 Å². The van der Waals surface area contributed by atoms with E-state index >= 15 is 0 Å². The van der Waals surface area contributed by atoms with Crippen LogP contribution in [0.1, 0.15) is 18.2 Å². The minimum absolute atomic E-state index is 0.0351. The zero-order chi connectivity index (χ0) is 24.3. The van der Waals surface area contributed by atoms with Gasteiger partial charge in [0.15, 0.2) is 0 Å². The van der Waals surface area contributed by atoms with E-state index in [9.17, 15) is 28.5 Å². The molecule has 0 aromatic carbocycles. The van der Waals surface area contributed by atoms with Crippen molar-refractivity contribution in [1.29, 1.82) is 0 Å². The number of anilines is 1. The van der Waals surface area contributed by atoms with E-state index in [4.69, 9.17) is 30.9 Å². The molecular formula is C12H21N4O13P3. The monoisotopic (exact) mass is 522 g/mol. The van der Waals surface area contributed by atoms with Crippen molar-refractivity contribution in [3.05, 3.63) is 34.5 Å². The zero-order valence-corrected chi connectivity index (χ0v) is 18.7. The first-order chi connectivity index (χ1) is 14.6. The molecule has 0 saturated carbocycles. The summed E-state index contributed by atoms with van der Waals surface area (Å²) in [4.78, 5) is 51.4. The first-order valence-electron chi connectivity index (χ1n) is 8.48. The van der Waals surface area contributed by atoms with Gasteiger partial charge in [0.2, 0.25) is 0 Å². The second-order valence-electron chi connectivity index (χ2n) is 6.29. The summed E-state index contributed by atoms with van der Waals surface area (Å²) in [5.41, 5.74) is 10.6. The van der Waals surface area contributed by atoms with Gasteiger partial charge in [-0.05, 0) is 12.6 Å². The number of aliphatic hydroxyl groups is 1. The van der Waals surface area contributed by atoms with Gasteiger partial charge in [-0.3, -0.25) is 9.09 Å². The van der Waals surface area contributed by atoms with Crippen molar-refractivity contribution in [2.75, 3.05) is 12.3 Å². The van der Waals surface area contributed by atoms with Gasteiger partial charge < -0.3 is 40.9 Å². The summed E-state index contributed by atoms with van der Waals surface area (Å²) < 4.78 is 51.8. The number of nitrogen functional groups attached to an aromatic ring is 1. The van der Waals surface area contributed by atoms with Crippen molar-refractivity contribution in [2.24, 2.45) is 5.73 Å². The van der Waals surface area contributed by atoms with Gasteiger partial charge in [0.1, 0.15) is 18.1 Å². The third kappa shape index (κ3) is 7.85. The van der Waals surface area contributed by atoms with E-state index in [1.165, 1.54) is 12.4 Å². The first kappa shape index (κ1) is 26.8. The second kappa shape index (κ2) is 10.2. The number of rotatable bonds is 10. The van der Waals surface area contributed by atoms with Gasteiger partial charge in [-0.2, -0.15) is 13.6 Å². The van der Waals surface area contributed by atoms with Gasteiger partial charge in [-0.15, -0.1) is 0 Å². The van der Waals surface area contributed by atoms with Gasteiger partial charge in [-0.25, -0.2) is 18.5 Å². The molecule has 0 radical (unpaired) electrons. The van der Waals surface area contributed by atoms with Gasteiger partial charge in [0.05, 0.1) is 12.7 Å². The SMILES string of the molecule is NC=CCc1cn([C@H]2C[C@H](O)[C@@H](COP(=O)(O)OP(=O)(O)OP(=O)(O)O)O2)c(=O)nc1N. The van der Waals surface area contributed by atoms with Crippen LogP contribution < -0.4 is 17.2 Å². The molecule has 9 N–H and O–H groups in total. The number of ether oxygens (including phenoxy) is 1. The summed E-state index contributed by atoms with van der Waals surface area (Å²) in [5, 5.41) is 10.1. The number of allylic oxidation sites excluding steroid dienone is 1. The lowest BCUT2D eigenvalue weighted by Gasteiger charge is -2.19. The van der Waals surface area contributed by atoms with Crippen LogP contribution in [0, 0.1) is 0 Å². The molecule has 20 heteroatoms. The molecule has 182 valence electrons. The highest BCUT2D eigenvalue weighted by Crippen LogP contribution is 2.66. The van der Waals surface area contributed by atoms with Crippen LogP contribution in [0.2, 0.25) is 0 Å². The van der Waals surface area contributed by atoms with E-state index in [1.54, 1.807) is 6.08 Å². The van der Waals surface area contributed by atoms with E-state index < -0.39 is 54.2 Å². The van der Waals surface area contributed by atoms with Crippen molar-refractivity contribution < 1.29 is 56.3 Å². The summed E-state index contributed by atoms with van der Waals surface area (Å²) in [6, 6.07) is 0. The Labute approximate surface area is 179 Å². The fraction of sp³-hybridized carbons (Fsp3) is 0.500. The fourth-order valence-electron chi connectivity index (χ4n) is 2.59. The molecule has 5 atom stereocenters. The van der Waals surface area contributed by atoms with Crippen LogP contribution in [0.15, 0.2) is 23.3 Å². The Bertz CT molecular complexity index is 1060. The molecule has 2 rings (SSSR count). The summed E-state index contributed by atoms with van der Waals surface area (Å²) in [5.74, 6) is -0.0351. The number of phosphoric ester groups is 1. The summed E-state index contributed by atoms with van der Waals surface area (Å²) in [7, 11) is -16.6. The van der Waals surface area contributed by atoms with Crippen LogP contribution in [0.25, 0.3) is 0 Å². The Morgan fingerprint density at radius 2 is 1.88 bits per heavy atom. The minimum atomic E-state index is -5.68. The third-order valence-corrected chi connectivity index (χ3v) is 7.67. The summed E-state index contributed by atoms with van der Waals surface area (Å²) in [6.07, 6.45) is 0.558. The largest absolute Gasteiger partial charge is 0.490 e. The Morgan fingerprint density at radius 1 is 1.22 bits per heavy atom. The summed E-state index contributed by atoms with van der Waals surface area (Å²) >= 11 is 0. The average molecular weight is 522 g/mol. The maximum Gasteiger partial charge on any atom is 0.490 e. The quantitative estimate of drug-likeness (QED) is 0.178. The topological polar surface area (TPSA) is 276 Å². The van der Waals surface area contributed by atoms with Crippen LogP contribution in [-0.2, 0) is 38.0 Å². The molecule has 2 heterocycles. The zero-order valence-electron chi connectivity index (χ0n) is 16.0. The highest BCUT2D eigenvalue weighted by Gasteiger charge is 2.43. The smallest absolute Gasteiger partial charge is 0.405 e. The van der Waals surface area contributed by atoms with Crippen LogP contribution in [0.3, 0.4) is 0 Å². The second-order valence-corrected chi connectivity index (χ2v) is 10.7. The number of aromatic nitrogens is 2. The van der Waals surface area contributed by atoms with Crippen LogP contribution in [0.4, 0.5) is 5.82 Å². The van der Waals surface area contributed by atoms with E-state index in [-0.39, 0.29) is 18.7 Å². The molecular weight excluding hydrogens is 501 g/mol. The molecule has 0 amide bonds. The lowest BCUT2D eigenvalue weighted by molar-refractivity contribution is -0.0450. The van der Waals surface area contributed by atoms with Gasteiger partial charge in [0.25, 0.3) is 0 Å². The van der Waals surface area contributed by atoms with E-state index in [1.807, 2.05) is 0 Å². The molecule has 1 aliphatic rings. The molecule has 1 fully saturated rings. The molecule has 1 aliphatic heterocycles. The number of aliphatic hydroxyl groups excluding tert-OH is 1. The Morgan fingerprint density at radius 3 is 2.47 bits per heavy atom. The van der Waals surface area contributed by atoms with Crippen LogP contribution in [-0.4, -0.2) is 53.0 Å². The molecule has 0 bridgehead atoms. The normalized spacial score (nSPS) is 25.6. The highest BCUT2D eigenvalue weighted by molar-refractivity contribution is 7.66. The van der Waals surface area contributed by atoms with Crippen molar-refractivity contribution in [3.8, 4) is 0 Å². The molecule has 1 saturated heterocycles. The number of hydrogen-bond donors (Lipinski definition) is 7. The average Bonchev–Trinajstić information content (AvgIpc) is 2.97. The predicted octanol–water partition coefficient (Wildman–Crippen LogP) is -1.17. The molecule has 32 heavy (non-hydrogen) atoms. The number of nitrogens with zero attached hydrogens (tertiary/aromatic N) is 2. The molecule has 1 aromatic heterocycles. The van der Waals surface area contributed by atoms with Crippen LogP contribution in [0.5, 0.6) is 0 Å². The highest BCUT2D eigenvalue weighted by atomic mass is 31.3. The van der Waals surface area contributed by atoms with Crippen molar-refractivity contribution >= 4 is 29.3 Å². The van der Waals surface area contributed by atoms with E-state index in [2.05, 4.69) is 18.1 Å². The number of hydrogen-bond acceptors (Lipinski definition) is 12. The Kier molecular flexibility index (Phi) is 8.56. The maximum atomic E-state index is 12.1. The van der Waals surface area contributed by atoms with Crippen molar-refractivity contribution in [2.45, 2.75) is 31.3 Å². The van der Waals surface area contributed by atoms with Gasteiger partial charge in [0, 0.05) is 18.2 Å². The molecule has 1 aromatic rings. The Balaban J connectivity index is 2.06. The minimum Gasteiger partial charge on any atom is -0.405 e. The fourth-order valence-corrected chi connectivity index (χ4v) is 5.62. The Hall–Kier alpha value is -1.45. The number of nitrogens with two attached hydrogens (primary N) is 2. The molecule has 2 unspecified atom stereocenters. The lowest BCUT2D eigenvalue weighted by atomic mass is 10.2.